The molecule has 37 heavy (non-hydrogen) atoms. The Morgan fingerprint density at radius 3 is 2.41 bits per heavy atom. The number of carbonyl (C=O) groups excluding carboxylic acids is 1. The van der Waals surface area contributed by atoms with Crippen molar-refractivity contribution >= 4 is 29.4 Å². The van der Waals surface area contributed by atoms with Crippen molar-refractivity contribution in [2.45, 2.75) is 37.2 Å². The topological polar surface area (TPSA) is 138 Å². The highest BCUT2D eigenvalue weighted by atomic mass is 32.2. The number of amides is 1. The molecule has 0 saturated carbocycles. The number of hydrogen-bond acceptors (Lipinski definition) is 9. The van der Waals surface area contributed by atoms with Gasteiger partial charge in [-0.2, -0.15) is 10.5 Å². The minimum Gasteiger partial charge on any atom is -0.443 e. The second-order valence-corrected chi connectivity index (χ2v) is 9.94. The number of thioether (sulfide) groups is 1. The molecule has 0 spiro atoms. The number of ether oxygens (including phenoxy) is 2. The van der Waals surface area contributed by atoms with Crippen LogP contribution in [-0.4, -0.2) is 41.9 Å². The Balaban J connectivity index is 2.01. The summed E-state index contributed by atoms with van der Waals surface area (Å²) in [6.07, 6.45) is 2.93. The summed E-state index contributed by atoms with van der Waals surface area (Å²) in [6, 6.07) is 15.0. The predicted octanol–water partition coefficient (Wildman–Crippen LogP) is 5.15. The van der Waals surface area contributed by atoms with Crippen LogP contribution < -0.4 is 10.6 Å². The highest BCUT2D eigenvalue weighted by Gasteiger charge is 2.24. The number of benzene rings is 1. The molecule has 0 atom stereocenters. The van der Waals surface area contributed by atoms with Gasteiger partial charge in [0.25, 0.3) is 0 Å². The summed E-state index contributed by atoms with van der Waals surface area (Å²) in [5, 5.41) is 20.3. The van der Waals surface area contributed by atoms with Crippen LogP contribution in [0.1, 0.15) is 37.5 Å². The summed E-state index contributed by atoms with van der Waals surface area (Å²) < 4.78 is 10.7. The third-order valence-electron chi connectivity index (χ3n) is 5.11. The minimum atomic E-state index is -0.663. The monoisotopic (exact) mass is 516 g/mol. The molecule has 0 unspecified atom stereocenters. The molecular formula is C27H28N6O3S. The predicted molar refractivity (Wildman–Crippen MR) is 143 cm³/mol. The quantitative estimate of drug-likeness (QED) is 0.403. The molecule has 1 aromatic carbocycles. The Morgan fingerprint density at radius 1 is 1.14 bits per heavy atom. The van der Waals surface area contributed by atoms with E-state index in [2.05, 4.69) is 22.1 Å². The van der Waals surface area contributed by atoms with E-state index >= 15 is 0 Å². The zero-order valence-corrected chi connectivity index (χ0v) is 22.0. The second-order valence-electron chi connectivity index (χ2n) is 8.97. The molecule has 2 heterocycles. The van der Waals surface area contributed by atoms with Crippen molar-refractivity contribution in [2.75, 3.05) is 30.9 Å². The normalized spacial score (nSPS) is 10.9. The molecule has 1 amide bonds. The van der Waals surface area contributed by atoms with E-state index in [1.165, 1.54) is 16.7 Å². The number of nitrogens with zero attached hydrogens (tertiary/aromatic N) is 5. The van der Waals surface area contributed by atoms with Gasteiger partial charge in [0, 0.05) is 36.5 Å². The number of rotatable bonds is 8. The van der Waals surface area contributed by atoms with Gasteiger partial charge in [-0.05, 0) is 50.1 Å². The van der Waals surface area contributed by atoms with Gasteiger partial charge in [0.05, 0.1) is 18.7 Å². The molecule has 2 N–H and O–H groups in total. The fraction of sp³-hybridized carbons (Fsp3) is 0.296. The molecule has 0 radical (unpaired) electrons. The van der Waals surface area contributed by atoms with Crippen LogP contribution in [0.5, 0.6) is 0 Å². The van der Waals surface area contributed by atoms with E-state index in [0.717, 1.165) is 5.56 Å². The van der Waals surface area contributed by atoms with E-state index in [1.54, 1.807) is 64.5 Å². The molecule has 2 aromatic heterocycles. The van der Waals surface area contributed by atoms with Gasteiger partial charge in [0.15, 0.2) is 0 Å². The number of nitrogens with two attached hydrogens (primary N) is 1. The number of pyridine rings is 2. The van der Waals surface area contributed by atoms with Gasteiger partial charge in [-0.1, -0.05) is 18.2 Å². The molecular weight excluding hydrogens is 488 g/mol. The summed E-state index contributed by atoms with van der Waals surface area (Å²) >= 11 is 1.35. The van der Waals surface area contributed by atoms with Crippen LogP contribution in [0, 0.1) is 22.7 Å². The minimum absolute atomic E-state index is 0.0461. The molecule has 0 bridgehead atoms. The molecule has 0 aliphatic heterocycles. The lowest BCUT2D eigenvalue weighted by atomic mass is 9.96. The van der Waals surface area contributed by atoms with Crippen LogP contribution in [0.3, 0.4) is 0 Å². The Morgan fingerprint density at radius 2 is 1.84 bits per heavy atom. The summed E-state index contributed by atoms with van der Waals surface area (Å²) in [6.45, 7) is 6.00. The molecule has 9 nitrogen and oxygen atoms in total. The molecule has 0 fully saturated rings. The average molecular weight is 517 g/mol. The third-order valence-corrected chi connectivity index (χ3v) is 6.16. The number of nitrogen functional groups attached to an aromatic ring is 1. The Kier molecular flexibility index (Phi) is 9.07. The molecule has 3 rings (SSSR count). The zero-order valence-electron chi connectivity index (χ0n) is 21.2. The van der Waals surface area contributed by atoms with Gasteiger partial charge in [-0.15, -0.1) is 11.8 Å². The standard InChI is InChI=1S/C27H28N6O3S/c1-27(2,3)36-26(34)33(12-13-35-4)20-9-7-19(8-10-20)23-21(14-28)24(30)32-25(22(23)15-29)37-17-18-6-5-11-31-16-18/h5-11,16H,12-13,17H2,1-4H3,(H2,30,32). The van der Waals surface area contributed by atoms with E-state index in [9.17, 15) is 15.3 Å². The van der Waals surface area contributed by atoms with Gasteiger partial charge >= 0.3 is 6.09 Å². The fourth-order valence-corrected chi connectivity index (χ4v) is 4.39. The fourth-order valence-electron chi connectivity index (χ4n) is 3.46. The highest BCUT2D eigenvalue weighted by molar-refractivity contribution is 7.98. The smallest absolute Gasteiger partial charge is 0.414 e. The van der Waals surface area contributed by atoms with Gasteiger partial charge in [-0.3, -0.25) is 9.88 Å². The number of hydrogen-bond donors (Lipinski definition) is 1. The van der Waals surface area contributed by atoms with E-state index < -0.39 is 11.7 Å². The van der Waals surface area contributed by atoms with E-state index in [1.807, 2.05) is 12.1 Å². The van der Waals surface area contributed by atoms with Crippen molar-refractivity contribution in [3.63, 3.8) is 0 Å². The number of nitriles is 2. The second kappa shape index (κ2) is 12.2. The van der Waals surface area contributed by atoms with Crippen LogP contribution in [-0.2, 0) is 15.2 Å². The lowest BCUT2D eigenvalue weighted by molar-refractivity contribution is 0.0569. The first-order valence-electron chi connectivity index (χ1n) is 11.4. The number of anilines is 2. The van der Waals surface area contributed by atoms with Gasteiger partial charge in [-0.25, -0.2) is 9.78 Å². The molecule has 0 saturated heterocycles. The van der Waals surface area contributed by atoms with Gasteiger partial charge < -0.3 is 15.2 Å². The third kappa shape index (κ3) is 6.98. The van der Waals surface area contributed by atoms with Crippen molar-refractivity contribution in [1.82, 2.24) is 9.97 Å². The largest absolute Gasteiger partial charge is 0.443 e. The van der Waals surface area contributed by atoms with E-state index in [-0.39, 0.29) is 23.5 Å². The highest BCUT2D eigenvalue weighted by Crippen LogP contribution is 2.37. The molecule has 10 heteroatoms. The van der Waals surface area contributed by atoms with Gasteiger partial charge in [0.2, 0.25) is 0 Å². The summed E-state index contributed by atoms with van der Waals surface area (Å²) in [5.74, 6) is 0.577. The van der Waals surface area contributed by atoms with Gasteiger partial charge in [0.1, 0.15) is 34.1 Å². The van der Waals surface area contributed by atoms with Crippen LogP contribution in [0.4, 0.5) is 16.3 Å². The lowest BCUT2D eigenvalue weighted by Crippen LogP contribution is -2.38. The van der Waals surface area contributed by atoms with E-state index in [0.29, 0.717) is 34.2 Å². The lowest BCUT2D eigenvalue weighted by Gasteiger charge is -2.27. The Labute approximate surface area is 220 Å². The zero-order chi connectivity index (χ0) is 27.0. The number of methoxy groups -OCH3 is 1. The van der Waals surface area contributed by atoms with E-state index in [4.69, 9.17) is 15.2 Å². The number of aromatic nitrogens is 2. The van der Waals surface area contributed by atoms with Crippen LogP contribution in [0.2, 0.25) is 0 Å². The first kappa shape index (κ1) is 27.5. The van der Waals surface area contributed by atoms with Crippen molar-refractivity contribution < 1.29 is 14.3 Å². The Bertz CT molecular complexity index is 1330. The first-order chi connectivity index (χ1) is 17.7. The maximum Gasteiger partial charge on any atom is 0.414 e. The maximum atomic E-state index is 12.8. The molecule has 3 aromatic rings. The maximum absolute atomic E-state index is 12.8. The van der Waals surface area contributed by atoms with Crippen molar-refractivity contribution in [1.29, 1.82) is 10.5 Å². The molecule has 0 aliphatic rings. The number of carbonyl (C=O) groups is 1. The first-order valence-corrected chi connectivity index (χ1v) is 12.4. The van der Waals surface area contributed by atoms with Crippen molar-refractivity contribution in [3.8, 4) is 23.3 Å². The van der Waals surface area contributed by atoms with Crippen LogP contribution >= 0.6 is 11.8 Å². The SMILES string of the molecule is COCCN(C(=O)OC(C)(C)C)c1ccc(-c2c(C#N)c(N)nc(SCc3cccnc3)c2C#N)cc1. The average Bonchev–Trinajstić information content (AvgIpc) is 2.87. The Hall–Kier alpha value is -4.12. The van der Waals surface area contributed by atoms with Crippen LogP contribution in [0.15, 0.2) is 53.8 Å². The summed E-state index contributed by atoms with van der Waals surface area (Å²) in [7, 11) is 1.56. The van der Waals surface area contributed by atoms with Crippen molar-refractivity contribution in [3.05, 3.63) is 65.5 Å². The summed E-state index contributed by atoms with van der Waals surface area (Å²) in [5.41, 5.74) is 8.41. The van der Waals surface area contributed by atoms with Crippen LogP contribution in [0.25, 0.3) is 11.1 Å². The van der Waals surface area contributed by atoms with Crippen molar-refractivity contribution in [2.24, 2.45) is 0 Å². The molecule has 0 aliphatic carbocycles. The molecule has 190 valence electrons. The summed E-state index contributed by atoms with van der Waals surface area (Å²) in [4.78, 5) is 22.8.